The Balaban J connectivity index is 1.79. The van der Waals surface area contributed by atoms with Gasteiger partial charge < -0.3 is 4.90 Å². The van der Waals surface area contributed by atoms with Crippen molar-refractivity contribution in [3.8, 4) is 0 Å². The van der Waals surface area contributed by atoms with Crippen molar-refractivity contribution in [3.63, 3.8) is 0 Å². The summed E-state index contributed by atoms with van der Waals surface area (Å²) >= 11 is 0. The summed E-state index contributed by atoms with van der Waals surface area (Å²) in [6.07, 6.45) is -4.83. The highest BCUT2D eigenvalue weighted by Gasteiger charge is 2.40. The molecule has 3 heterocycles. The first-order valence-electron chi connectivity index (χ1n) is 9.75. The lowest BCUT2D eigenvalue weighted by atomic mass is 9.96. The fourth-order valence-electron chi connectivity index (χ4n) is 3.47. The van der Waals surface area contributed by atoms with Gasteiger partial charge in [0.05, 0.1) is 18.7 Å². The first-order valence-corrected chi connectivity index (χ1v) is 9.75. The molecule has 0 unspecified atom stereocenters. The van der Waals surface area contributed by atoms with E-state index in [4.69, 9.17) is 0 Å². The molecule has 6 nitrogen and oxygen atoms in total. The van der Waals surface area contributed by atoms with Gasteiger partial charge in [-0.1, -0.05) is 39.0 Å². The predicted molar refractivity (Wildman–Crippen MR) is 104 cm³/mol. The summed E-state index contributed by atoms with van der Waals surface area (Å²) in [4.78, 5) is 11.4. The third kappa shape index (κ3) is 4.31. The van der Waals surface area contributed by atoms with Crippen molar-refractivity contribution < 1.29 is 22.0 Å². The average Bonchev–Trinajstić information content (AvgIpc) is 3.21. The molecule has 1 aliphatic rings. The fraction of sp³-hybridized carbons (Fsp3) is 0.500. The van der Waals surface area contributed by atoms with E-state index in [1.165, 1.54) is 23.1 Å². The second-order valence-electron chi connectivity index (χ2n) is 8.71. The summed E-state index contributed by atoms with van der Waals surface area (Å²) in [7, 11) is 0. The SMILES string of the molecule is CC(C)(C)c1nc(N2CCC(F)(F)C2)c2nn(Cc3ccccc3C(F)(F)F)nc2n1. The minimum absolute atomic E-state index is 0.00596. The second kappa shape index (κ2) is 7.10. The van der Waals surface area contributed by atoms with Gasteiger partial charge in [-0.3, -0.25) is 0 Å². The molecule has 0 bridgehead atoms. The molecule has 1 saturated heterocycles. The maximum Gasteiger partial charge on any atom is 0.416 e. The Kier molecular flexibility index (Phi) is 4.90. The van der Waals surface area contributed by atoms with Crippen molar-refractivity contribution in [1.82, 2.24) is 25.0 Å². The molecule has 166 valence electrons. The van der Waals surface area contributed by atoms with Crippen LogP contribution in [0.3, 0.4) is 0 Å². The first-order chi connectivity index (χ1) is 14.3. The van der Waals surface area contributed by atoms with Crippen molar-refractivity contribution >= 4 is 17.0 Å². The van der Waals surface area contributed by atoms with Crippen molar-refractivity contribution in [3.05, 3.63) is 41.2 Å². The molecule has 3 aromatic rings. The Morgan fingerprint density at radius 1 is 1.03 bits per heavy atom. The molecule has 0 aliphatic carbocycles. The van der Waals surface area contributed by atoms with E-state index in [9.17, 15) is 22.0 Å². The van der Waals surface area contributed by atoms with Crippen LogP contribution in [-0.2, 0) is 18.1 Å². The lowest BCUT2D eigenvalue weighted by Crippen LogP contribution is -2.27. The maximum absolute atomic E-state index is 13.8. The van der Waals surface area contributed by atoms with Gasteiger partial charge in [-0.2, -0.15) is 18.0 Å². The van der Waals surface area contributed by atoms with Gasteiger partial charge in [0, 0.05) is 18.4 Å². The minimum atomic E-state index is -4.52. The monoisotopic (exact) mass is 440 g/mol. The summed E-state index contributed by atoms with van der Waals surface area (Å²) in [5, 5.41) is 8.52. The zero-order valence-electron chi connectivity index (χ0n) is 17.2. The summed E-state index contributed by atoms with van der Waals surface area (Å²) in [6, 6.07) is 5.16. The van der Waals surface area contributed by atoms with Gasteiger partial charge in [0.2, 0.25) is 5.65 Å². The molecule has 2 aromatic heterocycles. The Bertz CT molecular complexity index is 1120. The number of fused-ring (bicyclic) bond motifs is 1. The van der Waals surface area contributed by atoms with Gasteiger partial charge in [-0.05, 0) is 11.6 Å². The highest BCUT2D eigenvalue weighted by atomic mass is 19.4. The van der Waals surface area contributed by atoms with Crippen LogP contribution >= 0.6 is 0 Å². The van der Waals surface area contributed by atoms with Gasteiger partial charge in [0.25, 0.3) is 5.92 Å². The Labute approximate surface area is 175 Å². The van der Waals surface area contributed by atoms with Crippen molar-refractivity contribution in [1.29, 1.82) is 0 Å². The molecule has 1 aromatic carbocycles. The molecule has 0 N–H and O–H groups in total. The van der Waals surface area contributed by atoms with Crippen LogP contribution in [0.2, 0.25) is 0 Å². The van der Waals surface area contributed by atoms with Crippen LogP contribution in [0.5, 0.6) is 0 Å². The zero-order chi connectivity index (χ0) is 22.6. The number of alkyl halides is 5. The standard InChI is InChI=1S/C20H21F5N6/c1-18(2,3)17-26-15-14(16(27-17)30-9-8-19(21,22)11-30)28-31(29-15)10-12-6-4-5-7-13(12)20(23,24)25/h4-7H,8-11H2,1-3H3. The first kappa shape index (κ1) is 21.4. The van der Waals surface area contributed by atoms with E-state index in [2.05, 4.69) is 20.2 Å². The molecule has 31 heavy (non-hydrogen) atoms. The summed E-state index contributed by atoms with van der Waals surface area (Å²) in [5.41, 5.74) is -0.923. The summed E-state index contributed by atoms with van der Waals surface area (Å²) in [6.45, 7) is 4.97. The highest BCUT2D eigenvalue weighted by molar-refractivity contribution is 5.82. The number of aromatic nitrogens is 5. The zero-order valence-corrected chi connectivity index (χ0v) is 17.2. The normalized spacial score (nSPS) is 17.0. The summed E-state index contributed by atoms with van der Waals surface area (Å²) in [5.74, 6) is -2.23. The molecular formula is C20H21F5N6. The third-order valence-corrected chi connectivity index (χ3v) is 5.05. The van der Waals surface area contributed by atoms with Gasteiger partial charge in [0.15, 0.2) is 11.3 Å². The third-order valence-electron chi connectivity index (χ3n) is 5.05. The van der Waals surface area contributed by atoms with E-state index in [0.29, 0.717) is 5.82 Å². The van der Waals surface area contributed by atoms with E-state index in [-0.39, 0.29) is 42.1 Å². The number of benzene rings is 1. The lowest BCUT2D eigenvalue weighted by Gasteiger charge is -2.21. The van der Waals surface area contributed by atoms with Crippen LogP contribution < -0.4 is 4.90 Å². The molecule has 0 spiro atoms. The molecule has 11 heteroatoms. The van der Waals surface area contributed by atoms with Crippen LogP contribution in [0.4, 0.5) is 27.8 Å². The second-order valence-corrected chi connectivity index (χ2v) is 8.71. The predicted octanol–water partition coefficient (Wildman–Crippen LogP) is 4.43. The van der Waals surface area contributed by atoms with Gasteiger partial charge in [-0.25, -0.2) is 18.7 Å². The average molecular weight is 440 g/mol. The van der Waals surface area contributed by atoms with Gasteiger partial charge >= 0.3 is 6.18 Å². The van der Waals surface area contributed by atoms with E-state index in [1.54, 1.807) is 0 Å². The van der Waals surface area contributed by atoms with Gasteiger partial charge in [-0.15, -0.1) is 10.2 Å². The van der Waals surface area contributed by atoms with E-state index in [1.807, 2.05) is 20.8 Å². The molecule has 1 fully saturated rings. The van der Waals surface area contributed by atoms with Crippen LogP contribution in [0.25, 0.3) is 11.2 Å². The highest BCUT2D eigenvalue weighted by Crippen LogP contribution is 2.35. The van der Waals surface area contributed by atoms with Crippen molar-refractivity contribution in [2.45, 2.75) is 51.3 Å². The van der Waals surface area contributed by atoms with E-state index in [0.717, 1.165) is 10.9 Å². The van der Waals surface area contributed by atoms with Crippen molar-refractivity contribution in [2.75, 3.05) is 18.0 Å². The number of hydrogen-bond acceptors (Lipinski definition) is 5. The molecule has 1 aliphatic heterocycles. The minimum Gasteiger partial charge on any atom is -0.348 e. The largest absolute Gasteiger partial charge is 0.416 e. The number of anilines is 1. The molecule has 0 radical (unpaired) electrons. The quantitative estimate of drug-likeness (QED) is 0.564. The number of hydrogen-bond donors (Lipinski definition) is 0. The van der Waals surface area contributed by atoms with Crippen LogP contribution in [0, 0.1) is 0 Å². The van der Waals surface area contributed by atoms with E-state index < -0.39 is 29.6 Å². The smallest absolute Gasteiger partial charge is 0.348 e. The number of halogens is 5. The molecule has 4 rings (SSSR count). The van der Waals surface area contributed by atoms with Crippen LogP contribution in [0.15, 0.2) is 24.3 Å². The Morgan fingerprint density at radius 2 is 1.74 bits per heavy atom. The number of rotatable bonds is 3. The Morgan fingerprint density at radius 3 is 2.35 bits per heavy atom. The summed E-state index contributed by atoms with van der Waals surface area (Å²) < 4.78 is 67.7. The molecule has 0 amide bonds. The topological polar surface area (TPSA) is 59.7 Å². The molecule has 0 saturated carbocycles. The Hall–Kier alpha value is -2.85. The van der Waals surface area contributed by atoms with E-state index >= 15 is 0 Å². The fourth-order valence-corrected chi connectivity index (χ4v) is 3.47. The van der Waals surface area contributed by atoms with Crippen molar-refractivity contribution in [2.24, 2.45) is 0 Å². The number of nitrogens with zero attached hydrogens (tertiary/aromatic N) is 6. The van der Waals surface area contributed by atoms with Gasteiger partial charge in [0.1, 0.15) is 5.82 Å². The molecule has 0 atom stereocenters. The molecular weight excluding hydrogens is 419 g/mol. The van der Waals surface area contributed by atoms with Crippen LogP contribution in [0.1, 0.15) is 44.1 Å². The van der Waals surface area contributed by atoms with Crippen LogP contribution in [-0.4, -0.2) is 44.0 Å². The maximum atomic E-state index is 13.8. The lowest BCUT2D eigenvalue weighted by molar-refractivity contribution is -0.138.